The molecule has 25 heavy (non-hydrogen) atoms. The topological polar surface area (TPSA) is 95.6 Å². The van der Waals surface area contributed by atoms with E-state index < -0.39 is 21.6 Å². The summed E-state index contributed by atoms with van der Waals surface area (Å²) < 4.78 is 27.0. The molecule has 0 atom stereocenters. The van der Waals surface area contributed by atoms with Gasteiger partial charge < -0.3 is 5.32 Å². The SMILES string of the molecule is CC(C)(C)c1ccc(S(=O)(=O)N2CCC3(CC2)NC(=O)NC3=O)cc1. The van der Waals surface area contributed by atoms with Gasteiger partial charge >= 0.3 is 6.03 Å². The summed E-state index contributed by atoms with van der Waals surface area (Å²) >= 11 is 0. The van der Waals surface area contributed by atoms with Gasteiger partial charge in [-0.05, 0) is 36.0 Å². The average Bonchev–Trinajstić information content (AvgIpc) is 2.80. The highest BCUT2D eigenvalue weighted by atomic mass is 32.2. The van der Waals surface area contributed by atoms with E-state index in [9.17, 15) is 18.0 Å². The number of imide groups is 1. The van der Waals surface area contributed by atoms with E-state index in [1.807, 2.05) is 12.1 Å². The molecule has 2 aliphatic rings. The summed E-state index contributed by atoms with van der Waals surface area (Å²) in [5.41, 5.74) is 0.0434. The van der Waals surface area contributed by atoms with Crippen LogP contribution >= 0.6 is 0 Å². The van der Waals surface area contributed by atoms with Crippen LogP contribution in [0, 0.1) is 0 Å². The number of amides is 3. The lowest BCUT2D eigenvalue weighted by atomic mass is 9.87. The van der Waals surface area contributed by atoms with Crippen molar-refractivity contribution in [1.82, 2.24) is 14.9 Å². The van der Waals surface area contributed by atoms with Crippen molar-refractivity contribution in [3.63, 3.8) is 0 Å². The predicted octanol–water partition coefficient (Wildman–Crippen LogP) is 1.35. The molecule has 8 heteroatoms. The van der Waals surface area contributed by atoms with E-state index >= 15 is 0 Å². The zero-order chi connectivity index (χ0) is 18.5. The molecular weight excluding hydrogens is 342 g/mol. The molecule has 2 N–H and O–H groups in total. The van der Waals surface area contributed by atoms with E-state index in [1.54, 1.807) is 12.1 Å². The number of urea groups is 1. The van der Waals surface area contributed by atoms with Crippen LogP contribution in [0.5, 0.6) is 0 Å². The van der Waals surface area contributed by atoms with Crippen LogP contribution in [-0.2, 0) is 20.2 Å². The first-order chi connectivity index (χ1) is 11.5. The van der Waals surface area contributed by atoms with Gasteiger partial charge in [0, 0.05) is 13.1 Å². The number of hydrogen-bond acceptors (Lipinski definition) is 4. The average molecular weight is 365 g/mol. The van der Waals surface area contributed by atoms with Crippen molar-refractivity contribution >= 4 is 22.0 Å². The first-order valence-corrected chi connectivity index (χ1v) is 9.73. The molecular formula is C17H23N3O4S. The first-order valence-electron chi connectivity index (χ1n) is 8.29. The summed E-state index contributed by atoms with van der Waals surface area (Å²) in [7, 11) is -3.61. The lowest BCUT2D eigenvalue weighted by Crippen LogP contribution is -2.55. The third kappa shape index (κ3) is 3.16. The zero-order valence-corrected chi connectivity index (χ0v) is 15.4. The fourth-order valence-corrected chi connectivity index (χ4v) is 4.71. The number of nitrogens with one attached hydrogen (secondary N) is 2. The Morgan fingerprint density at radius 3 is 2.04 bits per heavy atom. The zero-order valence-electron chi connectivity index (χ0n) is 14.6. The van der Waals surface area contributed by atoms with E-state index in [0.717, 1.165) is 5.56 Å². The molecule has 0 unspecified atom stereocenters. The van der Waals surface area contributed by atoms with Crippen molar-refractivity contribution in [2.75, 3.05) is 13.1 Å². The summed E-state index contributed by atoms with van der Waals surface area (Å²) in [4.78, 5) is 23.6. The molecule has 136 valence electrons. The summed E-state index contributed by atoms with van der Waals surface area (Å²) in [6.45, 7) is 6.60. The monoisotopic (exact) mass is 365 g/mol. The number of rotatable bonds is 2. The molecule has 0 bridgehead atoms. The quantitative estimate of drug-likeness (QED) is 0.773. The van der Waals surface area contributed by atoms with Gasteiger partial charge in [0.05, 0.1) is 4.90 Å². The standard InChI is InChI=1S/C17H23N3O4S/c1-16(2,3)12-4-6-13(7-5-12)25(23,24)20-10-8-17(9-11-20)14(21)18-15(22)19-17/h4-7H,8-11H2,1-3H3,(H2,18,19,21,22). The molecule has 2 fully saturated rings. The molecule has 2 heterocycles. The molecule has 3 rings (SSSR count). The smallest absolute Gasteiger partial charge is 0.322 e. The second-order valence-corrected chi connectivity index (χ2v) is 9.61. The molecule has 0 saturated carbocycles. The molecule has 7 nitrogen and oxygen atoms in total. The second kappa shape index (κ2) is 5.81. The lowest BCUT2D eigenvalue weighted by molar-refractivity contribution is -0.125. The minimum atomic E-state index is -3.61. The van der Waals surface area contributed by atoms with Gasteiger partial charge in [-0.3, -0.25) is 10.1 Å². The van der Waals surface area contributed by atoms with Gasteiger partial charge in [-0.15, -0.1) is 0 Å². The largest absolute Gasteiger partial charge is 0.323 e. The maximum Gasteiger partial charge on any atom is 0.322 e. The predicted molar refractivity (Wildman–Crippen MR) is 92.5 cm³/mol. The molecule has 1 aromatic carbocycles. The molecule has 2 aliphatic heterocycles. The summed E-state index contributed by atoms with van der Waals surface area (Å²) in [5.74, 6) is -0.371. The second-order valence-electron chi connectivity index (χ2n) is 7.67. The minimum absolute atomic E-state index is 0.0478. The molecule has 0 radical (unpaired) electrons. The molecule has 2 saturated heterocycles. The number of carbonyl (C=O) groups excluding carboxylic acids is 2. The molecule has 1 aromatic rings. The van der Waals surface area contributed by atoms with Crippen LogP contribution in [0.15, 0.2) is 29.2 Å². The Labute approximate surface area is 147 Å². The lowest BCUT2D eigenvalue weighted by Gasteiger charge is -2.36. The van der Waals surface area contributed by atoms with Crippen molar-refractivity contribution in [2.24, 2.45) is 0 Å². The third-order valence-corrected chi connectivity index (χ3v) is 6.86. The van der Waals surface area contributed by atoms with Crippen LogP contribution in [0.25, 0.3) is 0 Å². The summed E-state index contributed by atoms with van der Waals surface area (Å²) in [6.07, 6.45) is 0.535. The Balaban J connectivity index is 1.76. The Hall–Kier alpha value is -1.93. The molecule has 0 aliphatic carbocycles. The van der Waals surface area contributed by atoms with Crippen molar-refractivity contribution in [2.45, 2.75) is 49.5 Å². The Morgan fingerprint density at radius 2 is 1.60 bits per heavy atom. The number of hydrogen-bond donors (Lipinski definition) is 2. The summed E-state index contributed by atoms with van der Waals surface area (Å²) in [5, 5.41) is 4.86. The van der Waals surface area contributed by atoms with E-state index in [0.29, 0.717) is 0 Å². The Bertz CT molecular complexity index is 801. The van der Waals surface area contributed by atoms with Gasteiger partial charge in [0.25, 0.3) is 5.91 Å². The maximum atomic E-state index is 12.8. The van der Waals surface area contributed by atoms with Crippen molar-refractivity contribution in [3.05, 3.63) is 29.8 Å². The highest BCUT2D eigenvalue weighted by molar-refractivity contribution is 7.89. The van der Waals surface area contributed by atoms with Crippen molar-refractivity contribution < 1.29 is 18.0 Å². The third-order valence-electron chi connectivity index (χ3n) is 4.95. The van der Waals surface area contributed by atoms with Crippen molar-refractivity contribution in [3.8, 4) is 0 Å². The highest BCUT2D eigenvalue weighted by Crippen LogP contribution is 2.30. The fourth-order valence-electron chi connectivity index (χ4n) is 3.26. The van der Waals surface area contributed by atoms with E-state index in [-0.39, 0.29) is 42.1 Å². The van der Waals surface area contributed by atoms with Crippen LogP contribution in [0.4, 0.5) is 4.79 Å². The first kappa shape index (κ1) is 17.9. The van der Waals surface area contributed by atoms with Crippen LogP contribution in [-0.4, -0.2) is 43.3 Å². The van der Waals surface area contributed by atoms with Gasteiger partial charge in [-0.2, -0.15) is 4.31 Å². The van der Waals surface area contributed by atoms with E-state index in [2.05, 4.69) is 31.4 Å². The van der Waals surface area contributed by atoms with E-state index in [4.69, 9.17) is 0 Å². The van der Waals surface area contributed by atoms with Gasteiger partial charge in [0.2, 0.25) is 10.0 Å². The number of piperidine rings is 1. The summed E-state index contributed by atoms with van der Waals surface area (Å²) in [6, 6.07) is 6.42. The van der Waals surface area contributed by atoms with Gasteiger partial charge in [0.1, 0.15) is 5.54 Å². The van der Waals surface area contributed by atoms with Crippen LogP contribution in [0.2, 0.25) is 0 Å². The number of carbonyl (C=O) groups is 2. The van der Waals surface area contributed by atoms with Gasteiger partial charge in [0.15, 0.2) is 0 Å². The number of benzene rings is 1. The number of sulfonamides is 1. The van der Waals surface area contributed by atoms with Gasteiger partial charge in [-0.1, -0.05) is 32.9 Å². The van der Waals surface area contributed by atoms with E-state index in [1.165, 1.54) is 4.31 Å². The van der Waals surface area contributed by atoms with Crippen molar-refractivity contribution in [1.29, 1.82) is 0 Å². The Kier molecular flexibility index (Phi) is 4.15. The van der Waals surface area contributed by atoms with Crippen LogP contribution < -0.4 is 10.6 Å². The maximum absolute atomic E-state index is 12.8. The fraction of sp³-hybridized carbons (Fsp3) is 0.529. The molecule has 0 aromatic heterocycles. The molecule has 1 spiro atoms. The van der Waals surface area contributed by atoms with Crippen LogP contribution in [0.1, 0.15) is 39.2 Å². The minimum Gasteiger partial charge on any atom is -0.323 e. The normalized spacial score (nSPS) is 21.2. The molecule has 3 amide bonds. The number of nitrogens with zero attached hydrogens (tertiary/aromatic N) is 1. The van der Waals surface area contributed by atoms with Gasteiger partial charge in [-0.25, -0.2) is 13.2 Å². The highest BCUT2D eigenvalue weighted by Gasteiger charge is 2.49. The van der Waals surface area contributed by atoms with Crippen LogP contribution in [0.3, 0.4) is 0 Å². The Morgan fingerprint density at radius 1 is 1.04 bits per heavy atom.